The van der Waals surface area contributed by atoms with E-state index in [2.05, 4.69) is 5.32 Å². The van der Waals surface area contributed by atoms with E-state index in [1.165, 1.54) is 6.92 Å². The highest BCUT2D eigenvalue weighted by molar-refractivity contribution is 6.30. The largest absolute Gasteiger partial charge is 0.354 e. The van der Waals surface area contributed by atoms with Crippen molar-refractivity contribution in [3.05, 3.63) is 28.8 Å². The van der Waals surface area contributed by atoms with Gasteiger partial charge in [-0.3, -0.25) is 9.59 Å². The normalized spacial score (nSPS) is 10.1. The molecular formula is C14H19ClN2O2. The first kappa shape index (κ1) is 15.5. The van der Waals surface area contributed by atoms with Crippen molar-refractivity contribution in [2.45, 2.75) is 27.2 Å². The maximum Gasteiger partial charge on any atom is 0.223 e. The number of nitrogens with one attached hydrogen (secondary N) is 1. The number of nitrogens with zero attached hydrogens (tertiary/aromatic N) is 1. The predicted molar refractivity (Wildman–Crippen MR) is 77.5 cm³/mol. The van der Waals surface area contributed by atoms with E-state index in [9.17, 15) is 9.59 Å². The average molecular weight is 283 g/mol. The number of benzene rings is 1. The van der Waals surface area contributed by atoms with Gasteiger partial charge in [0.15, 0.2) is 0 Å². The lowest BCUT2D eigenvalue weighted by Gasteiger charge is -2.23. The van der Waals surface area contributed by atoms with Gasteiger partial charge in [0.2, 0.25) is 11.8 Å². The summed E-state index contributed by atoms with van der Waals surface area (Å²) in [6, 6.07) is 5.39. The monoisotopic (exact) mass is 282 g/mol. The van der Waals surface area contributed by atoms with Crippen LogP contribution < -0.4 is 10.2 Å². The zero-order chi connectivity index (χ0) is 14.4. The Balaban J connectivity index is 2.77. The fourth-order valence-electron chi connectivity index (χ4n) is 1.80. The van der Waals surface area contributed by atoms with Gasteiger partial charge in [-0.2, -0.15) is 0 Å². The van der Waals surface area contributed by atoms with Crippen molar-refractivity contribution in [2.75, 3.05) is 18.0 Å². The minimum absolute atomic E-state index is 0.0173. The molecular weight excluding hydrogens is 264 g/mol. The number of amides is 2. The van der Waals surface area contributed by atoms with Crippen LogP contribution in [0.5, 0.6) is 0 Å². The first-order chi connectivity index (χ1) is 8.95. The van der Waals surface area contributed by atoms with Gasteiger partial charge < -0.3 is 10.2 Å². The number of carbonyl (C=O) groups excluding carboxylic acids is 2. The lowest BCUT2D eigenvalue weighted by molar-refractivity contribution is -0.121. The molecule has 0 saturated heterocycles. The number of hydrogen-bond acceptors (Lipinski definition) is 2. The molecule has 1 aromatic carbocycles. The highest BCUT2D eigenvalue weighted by atomic mass is 35.5. The van der Waals surface area contributed by atoms with Crippen molar-refractivity contribution in [3.63, 3.8) is 0 Å². The Hall–Kier alpha value is -1.55. The molecule has 0 atom stereocenters. The molecule has 1 N–H and O–H groups in total. The Labute approximate surface area is 118 Å². The van der Waals surface area contributed by atoms with Crippen LogP contribution in [0.4, 0.5) is 5.69 Å². The quantitative estimate of drug-likeness (QED) is 0.902. The lowest BCUT2D eigenvalue weighted by Crippen LogP contribution is -2.37. The summed E-state index contributed by atoms with van der Waals surface area (Å²) in [5.74, 6) is -0.0764. The Kier molecular flexibility index (Phi) is 5.83. The third kappa shape index (κ3) is 4.56. The molecule has 0 unspecified atom stereocenters. The second kappa shape index (κ2) is 7.14. The summed E-state index contributed by atoms with van der Waals surface area (Å²) in [5, 5.41) is 3.40. The molecule has 0 aliphatic rings. The van der Waals surface area contributed by atoms with E-state index in [0.29, 0.717) is 24.5 Å². The molecule has 4 nitrogen and oxygen atoms in total. The van der Waals surface area contributed by atoms with Crippen LogP contribution in [0.25, 0.3) is 0 Å². The van der Waals surface area contributed by atoms with Crippen molar-refractivity contribution >= 4 is 29.1 Å². The summed E-state index contributed by atoms with van der Waals surface area (Å²) in [5.41, 5.74) is 1.76. The molecule has 0 heterocycles. The Morgan fingerprint density at radius 3 is 2.58 bits per heavy atom. The molecule has 104 valence electrons. The molecule has 19 heavy (non-hydrogen) atoms. The molecule has 0 saturated carbocycles. The fourth-order valence-corrected chi connectivity index (χ4v) is 2.03. The molecule has 0 aromatic heterocycles. The van der Waals surface area contributed by atoms with Gasteiger partial charge in [0.25, 0.3) is 0 Å². The third-order valence-corrected chi connectivity index (χ3v) is 3.04. The van der Waals surface area contributed by atoms with Crippen LogP contribution in [0.2, 0.25) is 5.02 Å². The predicted octanol–water partition coefficient (Wildman–Crippen LogP) is 2.53. The summed E-state index contributed by atoms with van der Waals surface area (Å²) in [4.78, 5) is 24.5. The van der Waals surface area contributed by atoms with Crippen molar-refractivity contribution in [3.8, 4) is 0 Å². The average Bonchev–Trinajstić information content (AvgIpc) is 2.35. The van der Waals surface area contributed by atoms with Crippen molar-refractivity contribution in [2.24, 2.45) is 0 Å². The molecule has 0 spiro atoms. The molecule has 2 amide bonds. The van der Waals surface area contributed by atoms with E-state index in [-0.39, 0.29) is 11.8 Å². The highest BCUT2D eigenvalue weighted by Crippen LogP contribution is 2.23. The van der Waals surface area contributed by atoms with Crippen LogP contribution in [-0.4, -0.2) is 24.9 Å². The fraction of sp³-hybridized carbons (Fsp3) is 0.429. The highest BCUT2D eigenvalue weighted by Gasteiger charge is 2.13. The zero-order valence-corrected chi connectivity index (χ0v) is 12.3. The van der Waals surface area contributed by atoms with Crippen LogP contribution in [0.1, 0.15) is 25.8 Å². The minimum atomic E-state index is -0.0591. The van der Waals surface area contributed by atoms with Crippen LogP contribution in [0, 0.1) is 6.92 Å². The standard InChI is InChI=1S/C14H19ClN2O2/c1-4-14(19)16-7-8-17(11(3)18)13-6-5-12(15)9-10(13)2/h5-6,9H,4,7-8H2,1-3H3,(H,16,19). The van der Waals surface area contributed by atoms with Gasteiger partial charge in [0.1, 0.15) is 0 Å². The molecule has 0 aliphatic heterocycles. The van der Waals surface area contributed by atoms with Gasteiger partial charge in [-0.1, -0.05) is 18.5 Å². The van der Waals surface area contributed by atoms with E-state index in [0.717, 1.165) is 11.3 Å². The summed E-state index contributed by atoms with van der Waals surface area (Å²) < 4.78 is 0. The van der Waals surface area contributed by atoms with E-state index >= 15 is 0 Å². The third-order valence-electron chi connectivity index (χ3n) is 2.81. The number of aryl methyl sites for hydroxylation is 1. The maximum atomic E-state index is 11.7. The van der Waals surface area contributed by atoms with Crippen molar-refractivity contribution < 1.29 is 9.59 Å². The van der Waals surface area contributed by atoms with Crippen LogP contribution in [-0.2, 0) is 9.59 Å². The first-order valence-corrected chi connectivity index (χ1v) is 6.64. The van der Waals surface area contributed by atoms with E-state index < -0.39 is 0 Å². The Bertz CT molecular complexity index is 475. The smallest absolute Gasteiger partial charge is 0.223 e. The molecule has 1 rings (SSSR count). The molecule has 5 heteroatoms. The number of anilines is 1. The Morgan fingerprint density at radius 1 is 1.37 bits per heavy atom. The zero-order valence-electron chi connectivity index (χ0n) is 11.5. The Morgan fingerprint density at radius 2 is 2.05 bits per heavy atom. The van der Waals surface area contributed by atoms with Gasteiger partial charge in [0, 0.05) is 37.1 Å². The molecule has 0 aliphatic carbocycles. The summed E-state index contributed by atoms with van der Waals surface area (Å²) in [7, 11) is 0. The second-order valence-corrected chi connectivity index (χ2v) is 4.74. The minimum Gasteiger partial charge on any atom is -0.354 e. The number of hydrogen-bond donors (Lipinski definition) is 1. The van der Waals surface area contributed by atoms with E-state index in [4.69, 9.17) is 11.6 Å². The van der Waals surface area contributed by atoms with Crippen LogP contribution in [0.3, 0.4) is 0 Å². The van der Waals surface area contributed by atoms with Gasteiger partial charge in [-0.05, 0) is 30.7 Å². The SMILES string of the molecule is CCC(=O)NCCN(C(C)=O)c1ccc(Cl)cc1C. The number of rotatable bonds is 5. The van der Waals surface area contributed by atoms with E-state index in [1.54, 1.807) is 17.9 Å². The molecule has 0 fully saturated rings. The van der Waals surface area contributed by atoms with Crippen molar-refractivity contribution in [1.29, 1.82) is 0 Å². The molecule has 0 bridgehead atoms. The van der Waals surface area contributed by atoms with Crippen LogP contribution in [0.15, 0.2) is 18.2 Å². The van der Waals surface area contributed by atoms with Gasteiger partial charge in [0.05, 0.1) is 0 Å². The summed E-state index contributed by atoms with van der Waals surface area (Å²) >= 11 is 5.91. The second-order valence-electron chi connectivity index (χ2n) is 4.30. The topological polar surface area (TPSA) is 49.4 Å². The summed E-state index contributed by atoms with van der Waals surface area (Å²) in [6.45, 7) is 6.09. The molecule has 1 aromatic rings. The number of halogens is 1. The number of carbonyl (C=O) groups is 2. The van der Waals surface area contributed by atoms with Gasteiger partial charge in [-0.15, -0.1) is 0 Å². The molecule has 0 radical (unpaired) electrons. The van der Waals surface area contributed by atoms with Crippen molar-refractivity contribution in [1.82, 2.24) is 5.32 Å². The van der Waals surface area contributed by atoms with Crippen LogP contribution >= 0.6 is 11.6 Å². The van der Waals surface area contributed by atoms with Gasteiger partial charge >= 0.3 is 0 Å². The first-order valence-electron chi connectivity index (χ1n) is 6.26. The lowest BCUT2D eigenvalue weighted by atomic mass is 10.2. The van der Waals surface area contributed by atoms with Gasteiger partial charge in [-0.25, -0.2) is 0 Å². The van der Waals surface area contributed by atoms with E-state index in [1.807, 2.05) is 19.1 Å². The summed E-state index contributed by atoms with van der Waals surface area (Å²) in [6.07, 6.45) is 0.444. The maximum absolute atomic E-state index is 11.7.